The highest BCUT2D eigenvalue weighted by Gasteiger charge is 2.31. The summed E-state index contributed by atoms with van der Waals surface area (Å²) in [6.07, 6.45) is 9.84. The summed E-state index contributed by atoms with van der Waals surface area (Å²) in [4.78, 5) is 15.2. The summed E-state index contributed by atoms with van der Waals surface area (Å²) in [6.45, 7) is 2.17. The van der Waals surface area contributed by atoms with Crippen LogP contribution in [0.15, 0.2) is 30.6 Å². The predicted octanol–water partition coefficient (Wildman–Crippen LogP) is 3.70. The van der Waals surface area contributed by atoms with E-state index in [-0.39, 0.29) is 11.9 Å². The highest BCUT2D eigenvalue weighted by Crippen LogP contribution is 2.35. The summed E-state index contributed by atoms with van der Waals surface area (Å²) < 4.78 is 15.1. The van der Waals surface area contributed by atoms with Crippen LogP contribution in [-0.4, -0.2) is 62.6 Å². The highest BCUT2D eigenvalue weighted by molar-refractivity contribution is 6.05. The summed E-state index contributed by atoms with van der Waals surface area (Å²) >= 11 is 0. The number of fused-ring (bicyclic) bond motifs is 1. The summed E-state index contributed by atoms with van der Waals surface area (Å²) in [5.74, 6) is 0.495. The topological polar surface area (TPSA) is 78.8 Å². The lowest BCUT2D eigenvalue weighted by atomic mass is 9.85. The van der Waals surface area contributed by atoms with Gasteiger partial charge in [-0.2, -0.15) is 10.2 Å². The Morgan fingerprint density at radius 2 is 1.94 bits per heavy atom. The first-order valence-corrected chi connectivity index (χ1v) is 11.8. The zero-order chi connectivity index (χ0) is 21.7. The summed E-state index contributed by atoms with van der Waals surface area (Å²) in [5, 5.41) is 15.8. The fourth-order valence-electron chi connectivity index (χ4n) is 5.16. The lowest BCUT2D eigenvalue weighted by Crippen LogP contribution is -2.50. The molecule has 0 radical (unpaired) electrons. The molecule has 168 valence electrons. The van der Waals surface area contributed by atoms with Crippen LogP contribution in [0.5, 0.6) is 0 Å². The number of hydrogen-bond acceptors (Lipinski definition) is 4. The van der Waals surface area contributed by atoms with Crippen molar-refractivity contribution in [2.24, 2.45) is 5.92 Å². The van der Waals surface area contributed by atoms with Crippen LogP contribution in [0.25, 0.3) is 22.0 Å². The minimum atomic E-state index is -0.635. The molecule has 3 fully saturated rings. The van der Waals surface area contributed by atoms with Crippen LogP contribution in [-0.2, 0) is 0 Å². The van der Waals surface area contributed by atoms with E-state index in [1.807, 2.05) is 29.1 Å². The lowest BCUT2D eigenvalue weighted by Gasteiger charge is -2.39. The molecule has 0 spiro atoms. The number of alkyl halides is 1. The van der Waals surface area contributed by atoms with Gasteiger partial charge in [0.1, 0.15) is 6.17 Å². The number of aromatic amines is 1. The van der Waals surface area contributed by atoms with Crippen molar-refractivity contribution in [3.63, 3.8) is 0 Å². The Labute approximate surface area is 186 Å². The van der Waals surface area contributed by atoms with Crippen LogP contribution in [0.4, 0.5) is 4.39 Å². The first-order valence-electron chi connectivity index (χ1n) is 11.8. The minimum Gasteiger partial charge on any atom is -0.348 e. The van der Waals surface area contributed by atoms with Crippen LogP contribution in [0.1, 0.15) is 55.1 Å². The molecule has 0 unspecified atom stereocenters. The van der Waals surface area contributed by atoms with Gasteiger partial charge in [0.25, 0.3) is 5.91 Å². The largest absolute Gasteiger partial charge is 0.348 e. The van der Waals surface area contributed by atoms with Crippen molar-refractivity contribution in [3.05, 3.63) is 36.3 Å². The minimum absolute atomic E-state index is 0.117. The van der Waals surface area contributed by atoms with Gasteiger partial charge in [-0.25, -0.2) is 4.39 Å². The third-order valence-electron chi connectivity index (χ3n) is 7.24. The van der Waals surface area contributed by atoms with Crippen molar-refractivity contribution in [3.8, 4) is 11.1 Å². The maximum Gasteiger partial charge on any atom is 0.272 e. The van der Waals surface area contributed by atoms with Gasteiger partial charge >= 0.3 is 0 Å². The molecular formula is C24H29FN6O. The van der Waals surface area contributed by atoms with Crippen LogP contribution in [0.3, 0.4) is 0 Å². The molecule has 1 amide bonds. The number of nitrogens with one attached hydrogen (secondary N) is 2. The van der Waals surface area contributed by atoms with Gasteiger partial charge in [-0.15, -0.1) is 0 Å². The molecule has 1 saturated heterocycles. The van der Waals surface area contributed by atoms with Crippen molar-refractivity contribution >= 4 is 16.8 Å². The van der Waals surface area contributed by atoms with Crippen LogP contribution < -0.4 is 5.32 Å². The Kier molecular flexibility index (Phi) is 4.97. The SMILES string of the molecule is O=C(N[C@H]1CC[C@H](CN2CC(F)C2)CC1)c1n[nH]c2ccc(-c3cnn(C4CC4)c3)cc12. The second-order valence-corrected chi connectivity index (χ2v) is 9.78. The number of carbonyl (C=O) groups is 1. The van der Waals surface area contributed by atoms with Crippen molar-refractivity contribution in [2.75, 3.05) is 19.6 Å². The van der Waals surface area contributed by atoms with E-state index in [0.717, 1.165) is 54.3 Å². The van der Waals surface area contributed by atoms with E-state index in [0.29, 0.717) is 30.7 Å². The lowest BCUT2D eigenvalue weighted by molar-refractivity contribution is 0.0440. The maximum absolute atomic E-state index is 13.0. The average molecular weight is 437 g/mol. The second kappa shape index (κ2) is 7.99. The zero-order valence-corrected chi connectivity index (χ0v) is 18.1. The molecule has 1 aliphatic heterocycles. The van der Waals surface area contributed by atoms with Gasteiger partial charge < -0.3 is 5.32 Å². The van der Waals surface area contributed by atoms with E-state index in [9.17, 15) is 9.18 Å². The summed E-state index contributed by atoms with van der Waals surface area (Å²) in [7, 11) is 0. The Hall–Kier alpha value is -2.74. The first-order chi connectivity index (χ1) is 15.6. The molecule has 8 heteroatoms. The molecule has 7 nitrogen and oxygen atoms in total. The summed E-state index contributed by atoms with van der Waals surface area (Å²) in [6, 6.07) is 6.77. The van der Waals surface area contributed by atoms with Gasteiger partial charge in [-0.1, -0.05) is 6.07 Å². The Bertz CT molecular complexity index is 1120. The molecule has 2 aromatic heterocycles. The molecule has 3 aromatic rings. The smallest absolute Gasteiger partial charge is 0.272 e. The van der Waals surface area contributed by atoms with Crippen molar-refractivity contribution in [2.45, 2.75) is 56.8 Å². The number of rotatable bonds is 6. The molecular weight excluding hydrogens is 407 g/mol. The van der Waals surface area contributed by atoms with E-state index in [4.69, 9.17) is 0 Å². The van der Waals surface area contributed by atoms with Crippen molar-refractivity contribution in [1.29, 1.82) is 0 Å². The molecule has 2 saturated carbocycles. The van der Waals surface area contributed by atoms with E-state index in [1.165, 1.54) is 12.8 Å². The van der Waals surface area contributed by atoms with Gasteiger partial charge in [0.15, 0.2) is 5.69 Å². The number of likely N-dealkylation sites (tertiary alicyclic amines) is 1. The number of hydrogen-bond donors (Lipinski definition) is 2. The molecule has 3 aliphatic rings. The number of amides is 1. The first kappa shape index (κ1) is 19.9. The van der Waals surface area contributed by atoms with Gasteiger partial charge in [-0.05, 0) is 62.1 Å². The van der Waals surface area contributed by atoms with Crippen molar-refractivity contribution < 1.29 is 9.18 Å². The number of halogens is 1. The zero-order valence-electron chi connectivity index (χ0n) is 18.1. The van der Waals surface area contributed by atoms with Gasteiger partial charge in [0.2, 0.25) is 0 Å². The highest BCUT2D eigenvalue weighted by atomic mass is 19.1. The van der Waals surface area contributed by atoms with E-state index in [2.05, 4.69) is 31.7 Å². The van der Waals surface area contributed by atoms with Gasteiger partial charge in [0.05, 0.1) is 17.8 Å². The molecule has 2 N–H and O–H groups in total. The van der Waals surface area contributed by atoms with Gasteiger partial charge in [-0.3, -0.25) is 19.5 Å². The number of carbonyl (C=O) groups excluding carboxylic acids is 1. The average Bonchev–Trinajstić information content (AvgIpc) is 3.35. The number of benzene rings is 1. The fourth-order valence-corrected chi connectivity index (χ4v) is 5.16. The Morgan fingerprint density at radius 3 is 2.69 bits per heavy atom. The Morgan fingerprint density at radius 1 is 1.12 bits per heavy atom. The maximum atomic E-state index is 13.0. The fraction of sp³-hybridized carbons (Fsp3) is 0.542. The van der Waals surface area contributed by atoms with E-state index < -0.39 is 6.17 Å². The number of aromatic nitrogens is 4. The normalized spacial score (nSPS) is 24.5. The summed E-state index contributed by atoms with van der Waals surface area (Å²) in [5.41, 5.74) is 3.42. The molecule has 1 aromatic carbocycles. The Balaban J connectivity index is 1.11. The third kappa shape index (κ3) is 3.92. The van der Waals surface area contributed by atoms with Crippen LogP contribution >= 0.6 is 0 Å². The molecule has 6 rings (SSSR count). The molecule has 32 heavy (non-hydrogen) atoms. The van der Waals surface area contributed by atoms with Crippen molar-refractivity contribution in [1.82, 2.24) is 30.2 Å². The third-order valence-corrected chi connectivity index (χ3v) is 7.24. The molecule has 2 aliphatic carbocycles. The molecule has 3 heterocycles. The standard InChI is InChI=1S/C24H29FN6O/c25-18-13-30(14-18)11-15-1-4-19(5-2-15)27-24(32)23-21-9-16(3-8-22(21)28-29-23)17-10-26-31(12-17)20-6-7-20/h3,8-10,12,15,18-20H,1-2,4-7,11,13-14H2,(H,27,32)(H,28,29)/t15-,19-. The van der Waals surface area contributed by atoms with Crippen LogP contribution in [0.2, 0.25) is 0 Å². The van der Waals surface area contributed by atoms with Gasteiger partial charge in [0, 0.05) is 42.8 Å². The van der Waals surface area contributed by atoms with E-state index in [1.54, 1.807) is 0 Å². The molecule has 0 bridgehead atoms. The predicted molar refractivity (Wildman–Crippen MR) is 120 cm³/mol. The molecule has 0 atom stereocenters. The van der Waals surface area contributed by atoms with E-state index >= 15 is 0 Å². The number of H-pyrrole nitrogens is 1. The van der Waals surface area contributed by atoms with Crippen LogP contribution in [0, 0.1) is 5.92 Å². The number of nitrogens with zero attached hydrogens (tertiary/aromatic N) is 4. The second-order valence-electron chi connectivity index (χ2n) is 9.78. The quantitative estimate of drug-likeness (QED) is 0.618. The monoisotopic (exact) mass is 436 g/mol.